The molecule has 0 aliphatic carbocycles. The van der Waals surface area contributed by atoms with Gasteiger partial charge in [-0.1, -0.05) is 27.7 Å². The van der Waals surface area contributed by atoms with Crippen molar-refractivity contribution in [2.45, 2.75) is 51.9 Å². The lowest BCUT2D eigenvalue weighted by Gasteiger charge is -2.24. The smallest absolute Gasteiger partial charge is 0.270 e. The summed E-state index contributed by atoms with van der Waals surface area (Å²) in [7, 11) is 0. The average molecular weight is 276 g/mol. The zero-order valence-electron chi connectivity index (χ0n) is 12.3. The molecule has 1 aliphatic rings. The summed E-state index contributed by atoms with van der Waals surface area (Å²) in [4.78, 5) is 23.2. The number of nitro groups is 1. The Hall–Kier alpha value is -1.91. The molecule has 1 aromatic rings. The quantitative estimate of drug-likeness (QED) is 0.672. The number of nitrogens with one attached hydrogen (secondary N) is 1. The fourth-order valence-corrected chi connectivity index (χ4v) is 3.03. The van der Waals surface area contributed by atoms with Gasteiger partial charge in [-0.05, 0) is 29.9 Å². The van der Waals surface area contributed by atoms with E-state index in [1.807, 2.05) is 27.7 Å². The van der Waals surface area contributed by atoms with Gasteiger partial charge in [0.05, 0.1) is 10.3 Å². The molecule has 0 aromatic heterocycles. The molecule has 5 nitrogen and oxygen atoms in total. The maximum Gasteiger partial charge on any atom is 0.270 e. The van der Waals surface area contributed by atoms with Crippen LogP contribution >= 0.6 is 0 Å². The van der Waals surface area contributed by atoms with Crippen molar-refractivity contribution in [1.29, 1.82) is 0 Å². The second-order valence-electron chi connectivity index (χ2n) is 5.61. The molecule has 0 spiro atoms. The summed E-state index contributed by atoms with van der Waals surface area (Å²) in [5, 5.41) is 14.1. The second-order valence-corrected chi connectivity index (χ2v) is 5.61. The van der Waals surface area contributed by atoms with Gasteiger partial charge in [0.2, 0.25) is 5.91 Å². The van der Waals surface area contributed by atoms with Crippen molar-refractivity contribution in [3.63, 3.8) is 0 Å². The molecule has 0 bridgehead atoms. The summed E-state index contributed by atoms with van der Waals surface area (Å²) in [6.45, 7) is 7.85. The maximum absolute atomic E-state index is 12.4. The molecule has 2 rings (SSSR count). The monoisotopic (exact) mass is 276 g/mol. The molecule has 0 radical (unpaired) electrons. The summed E-state index contributed by atoms with van der Waals surface area (Å²) >= 11 is 0. The maximum atomic E-state index is 12.4. The van der Waals surface area contributed by atoms with Crippen LogP contribution in [0.2, 0.25) is 0 Å². The van der Waals surface area contributed by atoms with E-state index in [4.69, 9.17) is 0 Å². The molecule has 1 aliphatic heterocycles. The molecule has 0 saturated carbocycles. The molecule has 1 amide bonds. The zero-order valence-corrected chi connectivity index (χ0v) is 12.3. The standard InChI is InChI=1S/C15H20N2O3/c1-5-15(6-2)12-8-10(17(19)20)7-11(9(3)4)13(12)16-14(15)18/h7-9H,5-6H2,1-4H3,(H,16,18). The third kappa shape index (κ3) is 1.88. The van der Waals surface area contributed by atoms with Gasteiger partial charge < -0.3 is 5.32 Å². The largest absolute Gasteiger partial charge is 0.325 e. The highest BCUT2D eigenvalue weighted by Crippen LogP contribution is 2.47. The number of hydrogen-bond acceptors (Lipinski definition) is 3. The highest BCUT2D eigenvalue weighted by Gasteiger charge is 2.45. The zero-order chi connectivity index (χ0) is 15.1. The Morgan fingerprint density at radius 1 is 1.30 bits per heavy atom. The van der Waals surface area contributed by atoms with Gasteiger partial charge in [0.1, 0.15) is 0 Å². The number of hydrogen-bond donors (Lipinski definition) is 1. The number of rotatable bonds is 4. The van der Waals surface area contributed by atoms with Crippen molar-refractivity contribution in [1.82, 2.24) is 0 Å². The molecule has 1 N–H and O–H groups in total. The fraction of sp³-hybridized carbons (Fsp3) is 0.533. The molecule has 0 fully saturated rings. The molecule has 0 saturated heterocycles. The number of carbonyl (C=O) groups excluding carboxylic acids is 1. The lowest BCUT2D eigenvalue weighted by Crippen LogP contribution is -2.32. The molecule has 0 unspecified atom stereocenters. The van der Waals surface area contributed by atoms with Crippen LogP contribution in [-0.4, -0.2) is 10.8 Å². The van der Waals surface area contributed by atoms with Gasteiger partial charge >= 0.3 is 0 Å². The number of benzene rings is 1. The van der Waals surface area contributed by atoms with Crippen molar-refractivity contribution >= 4 is 17.3 Å². The van der Waals surface area contributed by atoms with E-state index in [1.165, 1.54) is 0 Å². The summed E-state index contributed by atoms with van der Waals surface area (Å²) in [6.07, 6.45) is 1.28. The Bertz CT molecular complexity index is 575. The van der Waals surface area contributed by atoms with Gasteiger partial charge in [0.15, 0.2) is 0 Å². The first-order chi connectivity index (χ1) is 9.37. The lowest BCUT2D eigenvalue weighted by molar-refractivity contribution is -0.385. The topological polar surface area (TPSA) is 72.2 Å². The molecule has 1 heterocycles. The summed E-state index contributed by atoms with van der Waals surface area (Å²) in [6, 6.07) is 3.14. The molecule has 0 atom stereocenters. The minimum atomic E-state index is -0.634. The Labute approximate surface area is 118 Å². The van der Waals surface area contributed by atoms with Crippen molar-refractivity contribution < 1.29 is 9.72 Å². The lowest BCUT2D eigenvalue weighted by atomic mass is 9.76. The number of fused-ring (bicyclic) bond motifs is 1. The number of carbonyl (C=O) groups is 1. The normalized spacial score (nSPS) is 16.1. The van der Waals surface area contributed by atoms with Crippen LogP contribution in [0, 0.1) is 10.1 Å². The Morgan fingerprint density at radius 2 is 1.90 bits per heavy atom. The minimum Gasteiger partial charge on any atom is -0.325 e. The molecule has 20 heavy (non-hydrogen) atoms. The predicted octanol–water partition coefficient (Wildman–Crippen LogP) is 3.73. The van der Waals surface area contributed by atoms with E-state index >= 15 is 0 Å². The molecule has 5 heteroatoms. The van der Waals surface area contributed by atoms with Crippen LogP contribution in [0.25, 0.3) is 0 Å². The van der Waals surface area contributed by atoms with Crippen LogP contribution in [0.3, 0.4) is 0 Å². The third-order valence-corrected chi connectivity index (χ3v) is 4.38. The number of non-ortho nitro benzene ring substituents is 1. The van der Waals surface area contributed by atoms with Crippen molar-refractivity contribution in [3.05, 3.63) is 33.4 Å². The van der Waals surface area contributed by atoms with E-state index in [0.717, 1.165) is 16.8 Å². The van der Waals surface area contributed by atoms with Gasteiger partial charge in [-0.25, -0.2) is 0 Å². The van der Waals surface area contributed by atoms with Crippen LogP contribution in [0.4, 0.5) is 11.4 Å². The molecule has 108 valence electrons. The van der Waals surface area contributed by atoms with E-state index in [1.54, 1.807) is 12.1 Å². The predicted molar refractivity (Wildman–Crippen MR) is 78.1 cm³/mol. The van der Waals surface area contributed by atoms with Crippen molar-refractivity contribution in [2.75, 3.05) is 5.32 Å². The summed E-state index contributed by atoms with van der Waals surface area (Å²) in [5.41, 5.74) is 1.83. The van der Waals surface area contributed by atoms with Crippen molar-refractivity contribution in [3.8, 4) is 0 Å². The van der Waals surface area contributed by atoms with E-state index in [2.05, 4.69) is 5.32 Å². The SMILES string of the molecule is CCC1(CC)C(=O)Nc2c(C(C)C)cc([N+](=O)[O-])cc21. The van der Waals surface area contributed by atoms with Gasteiger partial charge in [-0.2, -0.15) is 0 Å². The van der Waals surface area contributed by atoms with Gasteiger partial charge in [-0.15, -0.1) is 0 Å². The first-order valence-electron chi connectivity index (χ1n) is 7.01. The van der Waals surface area contributed by atoms with Gasteiger partial charge in [-0.3, -0.25) is 14.9 Å². The van der Waals surface area contributed by atoms with Crippen molar-refractivity contribution in [2.24, 2.45) is 0 Å². The Kier molecular flexibility index (Phi) is 3.54. The highest BCUT2D eigenvalue weighted by atomic mass is 16.6. The number of nitro benzene ring substituents is 1. The van der Waals surface area contributed by atoms with Crippen LogP contribution in [0.1, 0.15) is 57.6 Å². The van der Waals surface area contributed by atoms with E-state index in [-0.39, 0.29) is 22.4 Å². The number of nitrogens with zero attached hydrogens (tertiary/aromatic N) is 1. The third-order valence-electron chi connectivity index (χ3n) is 4.38. The van der Waals surface area contributed by atoms with Crippen LogP contribution in [-0.2, 0) is 10.2 Å². The highest BCUT2D eigenvalue weighted by molar-refractivity contribution is 6.07. The Balaban J connectivity index is 2.76. The average Bonchev–Trinajstić information content (AvgIpc) is 2.69. The first kappa shape index (κ1) is 14.5. The van der Waals surface area contributed by atoms with Gasteiger partial charge in [0, 0.05) is 17.8 Å². The molecular formula is C15H20N2O3. The van der Waals surface area contributed by atoms with E-state index in [0.29, 0.717) is 12.8 Å². The number of amides is 1. The van der Waals surface area contributed by atoms with Crippen LogP contribution in [0.15, 0.2) is 12.1 Å². The van der Waals surface area contributed by atoms with Crippen LogP contribution in [0.5, 0.6) is 0 Å². The molecular weight excluding hydrogens is 256 g/mol. The summed E-state index contributed by atoms with van der Waals surface area (Å²) < 4.78 is 0. The first-order valence-corrected chi connectivity index (χ1v) is 7.01. The second kappa shape index (κ2) is 4.89. The minimum absolute atomic E-state index is 0.0418. The van der Waals surface area contributed by atoms with E-state index < -0.39 is 5.41 Å². The Morgan fingerprint density at radius 3 is 2.35 bits per heavy atom. The molecule has 1 aromatic carbocycles. The number of anilines is 1. The van der Waals surface area contributed by atoms with Crippen LogP contribution < -0.4 is 5.32 Å². The van der Waals surface area contributed by atoms with E-state index in [9.17, 15) is 14.9 Å². The van der Waals surface area contributed by atoms with Gasteiger partial charge in [0.25, 0.3) is 5.69 Å². The summed E-state index contributed by atoms with van der Waals surface area (Å²) in [5.74, 6) is 0.0772. The fourth-order valence-electron chi connectivity index (χ4n) is 3.03.